The Bertz CT molecular complexity index is 521. The van der Waals surface area contributed by atoms with E-state index < -0.39 is 6.04 Å². The third-order valence-corrected chi connectivity index (χ3v) is 4.29. The second kappa shape index (κ2) is 13.4. The zero-order valence-electron chi connectivity index (χ0n) is 17.2. The highest BCUT2D eigenvalue weighted by molar-refractivity contribution is 5.79. The van der Waals surface area contributed by atoms with Gasteiger partial charge >= 0.3 is 5.97 Å². The lowest BCUT2D eigenvalue weighted by Crippen LogP contribution is -2.46. The standard InChI is InChI=1S/C20H33NO6/c1-6-7-9-16(21(12-14-23-2)13-15-24-3)20(22)27-19-17(25-4)10-8-11-18(19)26-5/h8,10-11,16H,6-7,9,12-15H2,1-5H3/t16-/m0/s1. The molecule has 1 aromatic rings. The number of nitrogens with zero attached hydrogens (tertiary/aromatic N) is 1. The summed E-state index contributed by atoms with van der Waals surface area (Å²) in [5, 5.41) is 0. The van der Waals surface area contributed by atoms with E-state index in [1.165, 1.54) is 14.2 Å². The predicted molar refractivity (Wildman–Crippen MR) is 104 cm³/mol. The van der Waals surface area contributed by atoms with E-state index in [2.05, 4.69) is 6.92 Å². The minimum absolute atomic E-state index is 0.299. The van der Waals surface area contributed by atoms with E-state index in [9.17, 15) is 4.79 Å². The van der Waals surface area contributed by atoms with Gasteiger partial charge < -0.3 is 23.7 Å². The van der Waals surface area contributed by atoms with Crippen molar-refractivity contribution >= 4 is 5.97 Å². The zero-order chi connectivity index (χ0) is 20.1. The van der Waals surface area contributed by atoms with Crippen LogP contribution in [-0.4, -0.2) is 71.7 Å². The second-order valence-corrected chi connectivity index (χ2v) is 6.09. The molecular formula is C20H33NO6. The van der Waals surface area contributed by atoms with Crippen molar-refractivity contribution < 1.29 is 28.5 Å². The number of esters is 1. The van der Waals surface area contributed by atoms with Gasteiger partial charge in [-0.15, -0.1) is 0 Å². The van der Waals surface area contributed by atoms with Gasteiger partial charge in [0.25, 0.3) is 0 Å². The average Bonchev–Trinajstić information content (AvgIpc) is 2.69. The van der Waals surface area contributed by atoms with Gasteiger partial charge in [0.05, 0.1) is 27.4 Å². The van der Waals surface area contributed by atoms with Crippen molar-refractivity contribution in [3.63, 3.8) is 0 Å². The molecule has 7 nitrogen and oxygen atoms in total. The van der Waals surface area contributed by atoms with Crippen LogP contribution in [0.2, 0.25) is 0 Å². The van der Waals surface area contributed by atoms with Crippen LogP contribution in [0.15, 0.2) is 18.2 Å². The Balaban J connectivity index is 3.05. The lowest BCUT2D eigenvalue weighted by Gasteiger charge is -2.30. The molecule has 0 amide bonds. The van der Waals surface area contributed by atoms with Crippen LogP contribution in [0.1, 0.15) is 26.2 Å². The summed E-state index contributed by atoms with van der Waals surface area (Å²) in [5.41, 5.74) is 0. The van der Waals surface area contributed by atoms with Gasteiger partial charge in [0.1, 0.15) is 6.04 Å². The van der Waals surface area contributed by atoms with E-state index in [0.717, 1.165) is 12.8 Å². The van der Waals surface area contributed by atoms with Gasteiger partial charge in [0, 0.05) is 27.3 Å². The van der Waals surface area contributed by atoms with Crippen LogP contribution >= 0.6 is 0 Å². The van der Waals surface area contributed by atoms with Crippen molar-refractivity contribution in [3.8, 4) is 17.2 Å². The van der Waals surface area contributed by atoms with Crippen molar-refractivity contribution in [2.45, 2.75) is 32.2 Å². The Morgan fingerprint density at radius 1 is 1.00 bits per heavy atom. The van der Waals surface area contributed by atoms with E-state index in [1.54, 1.807) is 32.4 Å². The van der Waals surface area contributed by atoms with Crippen LogP contribution in [0.5, 0.6) is 17.2 Å². The minimum atomic E-state index is -0.398. The molecule has 0 bridgehead atoms. The number of para-hydroxylation sites is 1. The van der Waals surface area contributed by atoms with Gasteiger partial charge in [-0.2, -0.15) is 0 Å². The first-order valence-corrected chi connectivity index (χ1v) is 9.27. The highest BCUT2D eigenvalue weighted by Gasteiger charge is 2.29. The van der Waals surface area contributed by atoms with Crippen LogP contribution < -0.4 is 14.2 Å². The van der Waals surface area contributed by atoms with Crippen LogP contribution in [0.4, 0.5) is 0 Å². The summed E-state index contributed by atoms with van der Waals surface area (Å²) >= 11 is 0. The number of carbonyl (C=O) groups excluding carboxylic acids is 1. The minimum Gasteiger partial charge on any atom is -0.493 e. The van der Waals surface area contributed by atoms with Gasteiger partial charge in [-0.05, 0) is 18.6 Å². The molecule has 0 aliphatic rings. The van der Waals surface area contributed by atoms with Crippen LogP contribution in [-0.2, 0) is 14.3 Å². The Labute approximate surface area is 162 Å². The first kappa shape index (κ1) is 23.2. The van der Waals surface area contributed by atoms with Crippen molar-refractivity contribution in [3.05, 3.63) is 18.2 Å². The van der Waals surface area contributed by atoms with Gasteiger partial charge in [0.15, 0.2) is 11.5 Å². The largest absolute Gasteiger partial charge is 0.493 e. The first-order valence-electron chi connectivity index (χ1n) is 9.27. The number of hydrogen-bond acceptors (Lipinski definition) is 7. The molecule has 0 aliphatic heterocycles. The SMILES string of the molecule is CCCC[C@@H](C(=O)Oc1c(OC)cccc1OC)N(CCOC)CCOC. The number of hydrogen-bond donors (Lipinski definition) is 0. The maximum atomic E-state index is 13.1. The van der Waals surface area contributed by atoms with Crippen LogP contribution in [0.25, 0.3) is 0 Å². The van der Waals surface area contributed by atoms with E-state index in [4.69, 9.17) is 23.7 Å². The van der Waals surface area contributed by atoms with Crippen LogP contribution in [0.3, 0.4) is 0 Å². The van der Waals surface area contributed by atoms with Crippen molar-refractivity contribution in [2.75, 3.05) is 54.7 Å². The fraction of sp³-hybridized carbons (Fsp3) is 0.650. The molecule has 7 heteroatoms. The molecule has 0 radical (unpaired) electrons. The third-order valence-electron chi connectivity index (χ3n) is 4.29. The highest BCUT2D eigenvalue weighted by atomic mass is 16.6. The Morgan fingerprint density at radius 3 is 2.00 bits per heavy atom. The molecular weight excluding hydrogens is 350 g/mol. The van der Waals surface area contributed by atoms with Crippen molar-refractivity contribution in [1.82, 2.24) is 4.90 Å². The summed E-state index contributed by atoms with van der Waals surface area (Å²) in [4.78, 5) is 15.1. The van der Waals surface area contributed by atoms with Crippen LogP contribution in [0, 0.1) is 0 Å². The van der Waals surface area contributed by atoms with Gasteiger partial charge in [-0.1, -0.05) is 25.8 Å². The van der Waals surface area contributed by atoms with Crippen molar-refractivity contribution in [1.29, 1.82) is 0 Å². The summed E-state index contributed by atoms with van der Waals surface area (Å²) < 4.78 is 26.8. The van der Waals surface area contributed by atoms with Gasteiger partial charge in [0.2, 0.25) is 5.75 Å². The maximum absolute atomic E-state index is 13.1. The van der Waals surface area contributed by atoms with Gasteiger partial charge in [-0.3, -0.25) is 4.90 Å². The molecule has 1 rings (SSSR count). The molecule has 0 aromatic heterocycles. The summed E-state index contributed by atoms with van der Waals surface area (Å²) in [6.07, 6.45) is 2.60. The number of methoxy groups -OCH3 is 4. The van der Waals surface area contributed by atoms with Crippen molar-refractivity contribution in [2.24, 2.45) is 0 Å². The molecule has 154 valence electrons. The third kappa shape index (κ3) is 7.36. The molecule has 0 spiro atoms. The molecule has 1 aromatic carbocycles. The van der Waals surface area contributed by atoms with E-state index >= 15 is 0 Å². The highest BCUT2D eigenvalue weighted by Crippen LogP contribution is 2.37. The molecule has 0 N–H and O–H groups in total. The quantitative estimate of drug-likeness (QED) is 0.361. The van der Waals surface area contributed by atoms with E-state index in [-0.39, 0.29) is 5.97 Å². The molecule has 0 saturated heterocycles. The molecule has 0 unspecified atom stereocenters. The number of rotatable bonds is 14. The molecule has 0 fully saturated rings. The smallest absolute Gasteiger partial charge is 0.329 e. The number of ether oxygens (including phenoxy) is 5. The van der Waals surface area contributed by atoms with Gasteiger partial charge in [-0.25, -0.2) is 4.79 Å². The fourth-order valence-corrected chi connectivity index (χ4v) is 2.77. The monoisotopic (exact) mass is 383 g/mol. The summed E-state index contributed by atoms with van der Waals surface area (Å²) in [6, 6.07) is 4.86. The summed E-state index contributed by atoms with van der Waals surface area (Å²) in [5.74, 6) is 0.875. The normalized spacial score (nSPS) is 12.1. The van der Waals surface area contributed by atoms with E-state index in [1.807, 2.05) is 4.90 Å². The Hall–Kier alpha value is -1.83. The summed E-state index contributed by atoms with van der Waals surface area (Å²) in [7, 11) is 6.36. The molecule has 0 saturated carbocycles. The number of benzene rings is 1. The fourth-order valence-electron chi connectivity index (χ4n) is 2.77. The number of carbonyl (C=O) groups is 1. The predicted octanol–water partition coefficient (Wildman–Crippen LogP) is 2.76. The lowest BCUT2D eigenvalue weighted by molar-refractivity contribution is -0.141. The molecule has 27 heavy (non-hydrogen) atoms. The lowest BCUT2D eigenvalue weighted by atomic mass is 10.1. The van der Waals surface area contributed by atoms with E-state index in [0.29, 0.717) is 50.0 Å². The maximum Gasteiger partial charge on any atom is 0.329 e. The first-order chi connectivity index (χ1) is 13.1. The zero-order valence-corrected chi connectivity index (χ0v) is 17.2. The average molecular weight is 383 g/mol. The number of unbranched alkanes of at least 4 members (excludes halogenated alkanes) is 1. The second-order valence-electron chi connectivity index (χ2n) is 6.09. The molecule has 0 heterocycles. The summed E-state index contributed by atoms with van der Waals surface area (Å²) in [6.45, 7) is 4.38. The molecule has 1 atom stereocenters. The Kier molecular flexibility index (Phi) is 11.5. The Morgan fingerprint density at radius 2 is 1.56 bits per heavy atom. The topological polar surface area (TPSA) is 66.5 Å². The molecule has 0 aliphatic carbocycles.